The summed E-state index contributed by atoms with van der Waals surface area (Å²) < 4.78 is 16.2. The van der Waals surface area contributed by atoms with Gasteiger partial charge in [-0.1, -0.05) is 42.0 Å². The number of anilines is 1. The molecule has 7 heteroatoms. The minimum Gasteiger partial charge on any atom is -0.484 e. The lowest BCUT2D eigenvalue weighted by atomic mass is 10.1. The van der Waals surface area contributed by atoms with Crippen LogP contribution in [0.1, 0.15) is 15.9 Å². The highest BCUT2D eigenvalue weighted by molar-refractivity contribution is 6.01. The third-order valence-electron chi connectivity index (χ3n) is 5.01. The first kappa shape index (κ1) is 21.8. The standard InChI is InChI=1S/C26H21NO6/c1-16-7-9-17(10-8-16)24-14-22(28)20-13-18(11-12-23(20)33-24)32-15-25(29)27-21-6-4-3-5-19(21)26(30)31-2/h3-14H,15H2,1-2H3,(H,27,29). The number of aryl methyl sites for hydroxylation is 1. The molecule has 0 atom stereocenters. The van der Waals surface area contributed by atoms with Gasteiger partial charge in [-0.25, -0.2) is 4.79 Å². The van der Waals surface area contributed by atoms with Crippen molar-refractivity contribution in [2.75, 3.05) is 19.0 Å². The Kier molecular flexibility index (Phi) is 6.22. The molecule has 0 aliphatic carbocycles. The van der Waals surface area contributed by atoms with E-state index in [1.807, 2.05) is 31.2 Å². The average Bonchev–Trinajstić information content (AvgIpc) is 2.83. The molecule has 0 aliphatic rings. The van der Waals surface area contributed by atoms with Crippen LogP contribution in [0.25, 0.3) is 22.3 Å². The van der Waals surface area contributed by atoms with Crippen LogP contribution in [0.3, 0.4) is 0 Å². The summed E-state index contributed by atoms with van der Waals surface area (Å²) in [7, 11) is 1.27. The van der Waals surface area contributed by atoms with Gasteiger partial charge in [0.2, 0.25) is 0 Å². The molecule has 0 aliphatic heterocycles. The molecule has 1 heterocycles. The van der Waals surface area contributed by atoms with Gasteiger partial charge >= 0.3 is 5.97 Å². The predicted molar refractivity (Wildman–Crippen MR) is 125 cm³/mol. The fraction of sp³-hybridized carbons (Fsp3) is 0.115. The van der Waals surface area contributed by atoms with Crippen molar-refractivity contribution in [1.82, 2.24) is 0 Å². The molecule has 0 spiro atoms. The van der Waals surface area contributed by atoms with Crippen molar-refractivity contribution in [2.24, 2.45) is 0 Å². The largest absolute Gasteiger partial charge is 0.484 e. The van der Waals surface area contributed by atoms with Gasteiger partial charge in [0, 0.05) is 11.6 Å². The van der Waals surface area contributed by atoms with Crippen LogP contribution in [0.4, 0.5) is 5.69 Å². The molecule has 33 heavy (non-hydrogen) atoms. The molecule has 4 rings (SSSR count). The van der Waals surface area contributed by atoms with Crippen LogP contribution in [0, 0.1) is 6.92 Å². The van der Waals surface area contributed by atoms with Crippen LogP contribution in [-0.4, -0.2) is 25.6 Å². The zero-order chi connectivity index (χ0) is 23.4. The second kappa shape index (κ2) is 9.40. The van der Waals surface area contributed by atoms with Crippen molar-refractivity contribution in [1.29, 1.82) is 0 Å². The molecule has 3 aromatic carbocycles. The number of methoxy groups -OCH3 is 1. The van der Waals surface area contributed by atoms with Crippen molar-refractivity contribution in [3.05, 3.63) is 94.1 Å². The summed E-state index contributed by atoms with van der Waals surface area (Å²) in [5, 5.41) is 2.98. The molecular formula is C26H21NO6. The van der Waals surface area contributed by atoms with Crippen LogP contribution in [0.15, 0.2) is 82.0 Å². The van der Waals surface area contributed by atoms with Gasteiger partial charge in [-0.3, -0.25) is 9.59 Å². The minimum atomic E-state index is -0.557. The number of nitrogens with one attached hydrogen (secondary N) is 1. The Bertz CT molecular complexity index is 1390. The van der Waals surface area contributed by atoms with Gasteiger partial charge in [0.15, 0.2) is 12.0 Å². The fourth-order valence-corrected chi connectivity index (χ4v) is 3.30. The van der Waals surface area contributed by atoms with Gasteiger partial charge in [-0.2, -0.15) is 0 Å². The van der Waals surface area contributed by atoms with E-state index in [4.69, 9.17) is 13.9 Å². The first-order chi connectivity index (χ1) is 15.9. The zero-order valence-electron chi connectivity index (χ0n) is 18.1. The summed E-state index contributed by atoms with van der Waals surface area (Å²) >= 11 is 0. The molecule has 166 valence electrons. The van der Waals surface area contributed by atoms with Gasteiger partial charge in [0.25, 0.3) is 5.91 Å². The highest BCUT2D eigenvalue weighted by Gasteiger charge is 2.14. The summed E-state index contributed by atoms with van der Waals surface area (Å²) in [6.07, 6.45) is 0. The molecule has 7 nitrogen and oxygen atoms in total. The van der Waals surface area contributed by atoms with Crippen molar-refractivity contribution in [3.63, 3.8) is 0 Å². The average molecular weight is 443 g/mol. The third-order valence-corrected chi connectivity index (χ3v) is 5.01. The number of rotatable bonds is 6. The maximum absolute atomic E-state index is 12.7. The molecule has 0 saturated carbocycles. The van der Waals surface area contributed by atoms with E-state index in [1.165, 1.54) is 19.2 Å². The van der Waals surface area contributed by atoms with Crippen LogP contribution < -0.4 is 15.5 Å². The number of para-hydroxylation sites is 1. The minimum absolute atomic E-state index is 0.214. The summed E-state index contributed by atoms with van der Waals surface area (Å²) in [5.74, 6) is -0.203. The number of carbonyl (C=O) groups is 2. The summed E-state index contributed by atoms with van der Waals surface area (Å²) in [4.78, 5) is 36.8. The Morgan fingerprint density at radius 3 is 2.48 bits per heavy atom. The van der Waals surface area contributed by atoms with Gasteiger partial charge in [0.05, 0.1) is 23.7 Å². The molecule has 0 fully saturated rings. The zero-order valence-corrected chi connectivity index (χ0v) is 18.1. The van der Waals surface area contributed by atoms with E-state index >= 15 is 0 Å². The number of fused-ring (bicyclic) bond motifs is 1. The van der Waals surface area contributed by atoms with Crippen LogP contribution >= 0.6 is 0 Å². The second-order valence-electron chi connectivity index (χ2n) is 7.37. The van der Waals surface area contributed by atoms with Crippen molar-refractivity contribution < 1.29 is 23.5 Å². The first-order valence-electron chi connectivity index (χ1n) is 10.2. The highest BCUT2D eigenvalue weighted by Crippen LogP contribution is 2.25. The third kappa shape index (κ3) is 4.93. The van der Waals surface area contributed by atoms with Crippen molar-refractivity contribution in [3.8, 4) is 17.1 Å². The molecule has 0 bridgehead atoms. The summed E-state index contributed by atoms with van der Waals surface area (Å²) in [6, 6.07) is 20.4. The lowest BCUT2D eigenvalue weighted by Crippen LogP contribution is -2.21. The Labute approximate surface area is 189 Å². The van der Waals surface area contributed by atoms with Gasteiger partial charge in [-0.05, 0) is 37.3 Å². The SMILES string of the molecule is COC(=O)c1ccccc1NC(=O)COc1ccc2oc(-c3ccc(C)cc3)cc(=O)c2c1. The maximum atomic E-state index is 12.7. The Morgan fingerprint density at radius 2 is 1.73 bits per heavy atom. The molecule has 4 aromatic rings. The number of ether oxygens (including phenoxy) is 2. The normalized spacial score (nSPS) is 10.6. The van der Waals surface area contributed by atoms with E-state index in [2.05, 4.69) is 5.32 Å². The second-order valence-corrected chi connectivity index (χ2v) is 7.37. The molecule has 0 saturated heterocycles. The van der Waals surface area contributed by atoms with Gasteiger partial charge in [0.1, 0.15) is 17.1 Å². The highest BCUT2D eigenvalue weighted by atomic mass is 16.5. The topological polar surface area (TPSA) is 94.8 Å². The maximum Gasteiger partial charge on any atom is 0.339 e. The monoisotopic (exact) mass is 443 g/mol. The summed E-state index contributed by atoms with van der Waals surface area (Å²) in [5.41, 5.74) is 2.68. The number of carbonyl (C=O) groups excluding carboxylic acids is 2. The first-order valence-corrected chi connectivity index (χ1v) is 10.2. The lowest BCUT2D eigenvalue weighted by Gasteiger charge is -2.11. The predicted octanol–water partition coefficient (Wildman–Crippen LogP) is 4.57. The van der Waals surface area contributed by atoms with Crippen LogP contribution in [-0.2, 0) is 9.53 Å². The molecule has 0 radical (unpaired) electrons. The van der Waals surface area contributed by atoms with Gasteiger partial charge < -0.3 is 19.2 Å². The molecule has 0 unspecified atom stereocenters. The van der Waals surface area contributed by atoms with E-state index < -0.39 is 11.9 Å². The molecule has 1 amide bonds. The molecule has 1 N–H and O–H groups in total. The van der Waals surface area contributed by atoms with E-state index in [0.29, 0.717) is 28.2 Å². The van der Waals surface area contributed by atoms with E-state index in [-0.39, 0.29) is 17.6 Å². The van der Waals surface area contributed by atoms with E-state index in [1.54, 1.807) is 36.4 Å². The number of hydrogen-bond acceptors (Lipinski definition) is 6. The number of hydrogen-bond donors (Lipinski definition) is 1. The number of benzene rings is 3. The smallest absolute Gasteiger partial charge is 0.339 e. The molecular weight excluding hydrogens is 422 g/mol. The Hall–Kier alpha value is -4.39. The van der Waals surface area contributed by atoms with E-state index in [0.717, 1.165) is 11.1 Å². The van der Waals surface area contributed by atoms with Crippen LogP contribution in [0.5, 0.6) is 5.75 Å². The lowest BCUT2D eigenvalue weighted by molar-refractivity contribution is -0.118. The molecule has 1 aromatic heterocycles. The Morgan fingerprint density at radius 1 is 0.970 bits per heavy atom. The fourth-order valence-electron chi connectivity index (χ4n) is 3.30. The Balaban J connectivity index is 1.48. The number of amides is 1. The van der Waals surface area contributed by atoms with E-state index in [9.17, 15) is 14.4 Å². The summed E-state index contributed by atoms with van der Waals surface area (Å²) in [6.45, 7) is 1.67. The van der Waals surface area contributed by atoms with Crippen molar-refractivity contribution >= 4 is 28.5 Å². The quantitative estimate of drug-likeness (QED) is 0.439. The van der Waals surface area contributed by atoms with Crippen molar-refractivity contribution in [2.45, 2.75) is 6.92 Å². The van der Waals surface area contributed by atoms with Gasteiger partial charge in [-0.15, -0.1) is 0 Å². The van der Waals surface area contributed by atoms with Crippen LogP contribution in [0.2, 0.25) is 0 Å². The number of esters is 1.